The monoisotopic (exact) mass is 302 g/mol. The summed E-state index contributed by atoms with van der Waals surface area (Å²) in [5.41, 5.74) is -1.19. The van der Waals surface area contributed by atoms with Crippen LogP contribution in [-0.2, 0) is 14.9 Å². The van der Waals surface area contributed by atoms with Crippen LogP contribution in [0.25, 0.3) is 0 Å². The summed E-state index contributed by atoms with van der Waals surface area (Å²) in [6.45, 7) is 5.15. The molecule has 6 heteroatoms. The van der Waals surface area contributed by atoms with Crippen molar-refractivity contribution in [1.29, 1.82) is 0 Å². The minimum atomic E-state index is -4.14. The van der Waals surface area contributed by atoms with E-state index in [4.69, 9.17) is 0 Å². The van der Waals surface area contributed by atoms with Crippen molar-refractivity contribution in [2.24, 2.45) is 22.7 Å². The second-order valence-corrected chi connectivity index (χ2v) is 8.94. The molecule has 20 heavy (non-hydrogen) atoms. The lowest BCUT2D eigenvalue weighted by Gasteiger charge is -2.41. The van der Waals surface area contributed by atoms with Crippen LogP contribution >= 0.6 is 0 Å². The van der Waals surface area contributed by atoms with E-state index >= 15 is 0 Å². The van der Waals surface area contributed by atoms with Gasteiger partial charge in [0.1, 0.15) is 5.78 Å². The normalized spacial score (nSPS) is 42.8. The standard InChI is InChI=1S/C14H23NO4S/c1-13(2)9-5-10(6-11-3-4-15-11)14(13,12(16)7-9)8-20(17,18)19/h9-11,15H,3-8H2,1-2H3,(H,17,18,19)/p+1/t9?,10?,11-,14?/m1/s1. The van der Waals surface area contributed by atoms with Gasteiger partial charge in [0.2, 0.25) is 0 Å². The number of fused-ring (bicyclic) bond motifs is 2. The molecule has 0 aromatic carbocycles. The van der Waals surface area contributed by atoms with E-state index in [9.17, 15) is 17.8 Å². The maximum atomic E-state index is 12.6. The summed E-state index contributed by atoms with van der Waals surface area (Å²) in [7, 11) is -4.14. The van der Waals surface area contributed by atoms with E-state index in [1.165, 1.54) is 0 Å². The van der Waals surface area contributed by atoms with Crippen LogP contribution in [0, 0.1) is 22.7 Å². The molecule has 5 nitrogen and oxygen atoms in total. The average molecular weight is 302 g/mol. The van der Waals surface area contributed by atoms with E-state index in [-0.39, 0.29) is 28.8 Å². The summed E-state index contributed by atoms with van der Waals surface area (Å²) < 4.78 is 32.4. The molecular weight excluding hydrogens is 278 g/mol. The zero-order valence-electron chi connectivity index (χ0n) is 12.1. The fourth-order valence-electron chi connectivity index (χ4n) is 5.01. The van der Waals surface area contributed by atoms with Crippen LogP contribution in [0.2, 0.25) is 0 Å². The molecule has 0 aromatic heterocycles. The summed E-state index contributed by atoms with van der Waals surface area (Å²) in [5.74, 6) is 0.0365. The highest BCUT2D eigenvalue weighted by molar-refractivity contribution is 7.85. The number of hydrogen-bond acceptors (Lipinski definition) is 3. The summed E-state index contributed by atoms with van der Waals surface area (Å²) in [6.07, 6.45) is 3.46. The Balaban J connectivity index is 1.97. The molecule has 1 aliphatic heterocycles. The van der Waals surface area contributed by atoms with E-state index in [1.807, 2.05) is 13.8 Å². The molecule has 1 heterocycles. The van der Waals surface area contributed by atoms with Gasteiger partial charge in [0, 0.05) is 19.3 Å². The predicted octanol–water partition coefficient (Wildman–Crippen LogP) is 0.222. The quantitative estimate of drug-likeness (QED) is 0.727. The van der Waals surface area contributed by atoms with Crippen molar-refractivity contribution in [3.05, 3.63) is 0 Å². The van der Waals surface area contributed by atoms with Crippen LogP contribution in [0.15, 0.2) is 0 Å². The zero-order valence-corrected chi connectivity index (χ0v) is 12.9. The maximum absolute atomic E-state index is 12.6. The first-order chi connectivity index (χ1) is 9.17. The molecule has 2 saturated carbocycles. The van der Waals surface area contributed by atoms with E-state index in [1.54, 1.807) is 0 Å². The van der Waals surface area contributed by atoms with Gasteiger partial charge < -0.3 is 5.32 Å². The number of nitrogens with two attached hydrogens (primary N) is 1. The van der Waals surface area contributed by atoms with Gasteiger partial charge in [-0.15, -0.1) is 0 Å². The van der Waals surface area contributed by atoms with E-state index in [2.05, 4.69) is 5.32 Å². The molecular formula is C14H24NO4S+. The summed E-state index contributed by atoms with van der Waals surface area (Å²) in [4.78, 5) is 12.6. The lowest BCUT2D eigenvalue weighted by Crippen LogP contribution is -2.98. The second kappa shape index (κ2) is 4.27. The second-order valence-electron chi connectivity index (χ2n) is 7.48. The largest absolute Gasteiger partial charge is 0.343 e. The fraction of sp³-hybridized carbons (Fsp3) is 0.929. The highest BCUT2D eigenvalue weighted by Crippen LogP contribution is 2.67. The van der Waals surface area contributed by atoms with Crippen molar-refractivity contribution in [2.75, 3.05) is 12.3 Å². The number of hydrogen-bond donors (Lipinski definition) is 2. The molecule has 0 spiro atoms. The van der Waals surface area contributed by atoms with Crippen molar-refractivity contribution in [1.82, 2.24) is 0 Å². The minimum Gasteiger partial charge on any atom is -0.343 e. The van der Waals surface area contributed by atoms with Gasteiger partial charge in [-0.25, -0.2) is 0 Å². The van der Waals surface area contributed by atoms with Crippen molar-refractivity contribution in [3.8, 4) is 0 Å². The number of carbonyl (C=O) groups excluding carboxylic acids is 1. The zero-order chi connectivity index (χ0) is 14.8. The molecule has 2 aliphatic carbocycles. The van der Waals surface area contributed by atoms with Gasteiger partial charge in [-0.3, -0.25) is 9.35 Å². The third kappa shape index (κ3) is 1.88. The van der Waals surface area contributed by atoms with Crippen molar-refractivity contribution >= 4 is 15.9 Å². The predicted molar refractivity (Wildman–Crippen MR) is 73.7 cm³/mol. The summed E-state index contributed by atoms with van der Waals surface area (Å²) >= 11 is 0. The first kappa shape index (κ1) is 14.5. The molecule has 3 fully saturated rings. The van der Waals surface area contributed by atoms with Gasteiger partial charge in [0.15, 0.2) is 0 Å². The molecule has 114 valence electrons. The van der Waals surface area contributed by atoms with Gasteiger partial charge in [-0.1, -0.05) is 13.8 Å². The smallest absolute Gasteiger partial charge is 0.265 e. The lowest BCUT2D eigenvalue weighted by atomic mass is 9.64. The maximum Gasteiger partial charge on any atom is 0.265 e. The lowest BCUT2D eigenvalue weighted by molar-refractivity contribution is -0.744. The van der Waals surface area contributed by atoms with Crippen LogP contribution in [-0.4, -0.2) is 37.1 Å². The highest BCUT2D eigenvalue weighted by Gasteiger charge is 2.70. The summed E-state index contributed by atoms with van der Waals surface area (Å²) in [5, 5.41) is 2.27. The Kier molecular flexibility index (Phi) is 3.09. The van der Waals surface area contributed by atoms with Gasteiger partial charge in [-0.05, 0) is 23.7 Å². The average Bonchev–Trinajstić information content (AvgIpc) is 2.52. The Bertz CT molecular complexity index is 537. The third-order valence-electron chi connectivity index (χ3n) is 6.40. The van der Waals surface area contributed by atoms with E-state index in [0.29, 0.717) is 12.5 Å². The number of ketones is 1. The van der Waals surface area contributed by atoms with Gasteiger partial charge in [-0.2, -0.15) is 8.42 Å². The van der Waals surface area contributed by atoms with Crippen LogP contribution < -0.4 is 5.32 Å². The number of rotatable bonds is 4. The van der Waals surface area contributed by atoms with E-state index < -0.39 is 15.5 Å². The van der Waals surface area contributed by atoms with Crippen LogP contribution in [0.3, 0.4) is 0 Å². The Morgan fingerprint density at radius 1 is 1.40 bits per heavy atom. The Labute approximate surface area is 120 Å². The molecule has 3 N–H and O–H groups in total. The molecule has 3 rings (SSSR count). The third-order valence-corrected chi connectivity index (χ3v) is 7.22. The Morgan fingerprint density at radius 3 is 2.50 bits per heavy atom. The molecule has 3 aliphatic rings. The number of Topliss-reactive ketones (excluding diaryl/α,β-unsaturated/α-hetero) is 1. The topological polar surface area (TPSA) is 88.0 Å². The molecule has 1 saturated heterocycles. The van der Waals surface area contributed by atoms with Crippen LogP contribution in [0.5, 0.6) is 0 Å². The Morgan fingerprint density at radius 2 is 2.05 bits per heavy atom. The molecule has 2 bridgehead atoms. The fourth-order valence-corrected chi connectivity index (χ4v) is 6.36. The SMILES string of the molecule is CC1(C)C2CC(=O)C1(CS(=O)(=O)O)C(C[C@H]1CC[NH2+]1)C2. The van der Waals surface area contributed by atoms with Gasteiger partial charge >= 0.3 is 0 Å². The number of quaternary nitrogens is 1. The molecule has 4 atom stereocenters. The molecule has 0 aromatic rings. The molecule has 0 radical (unpaired) electrons. The van der Waals surface area contributed by atoms with Gasteiger partial charge in [0.05, 0.1) is 23.8 Å². The van der Waals surface area contributed by atoms with Crippen LogP contribution in [0.1, 0.15) is 39.5 Å². The number of carbonyl (C=O) groups is 1. The minimum absolute atomic E-state index is 0.0562. The van der Waals surface area contributed by atoms with Crippen molar-refractivity contribution < 1.29 is 23.1 Å². The van der Waals surface area contributed by atoms with E-state index in [0.717, 1.165) is 25.8 Å². The van der Waals surface area contributed by atoms with Crippen LogP contribution in [0.4, 0.5) is 0 Å². The van der Waals surface area contributed by atoms with Crippen molar-refractivity contribution in [2.45, 2.75) is 45.6 Å². The van der Waals surface area contributed by atoms with Crippen molar-refractivity contribution in [3.63, 3.8) is 0 Å². The Hall–Kier alpha value is -0.460. The van der Waals surface area contributed by atoms with Gasteiger partial charge in [0.25, 0.3) is 10.1 Å². The first-order valence-electron chi connectivity index (χ1n) is 7.48. The summed E-state index contributed by atoms with van der Waals surface area (Å²) in [6, 6.07) is 0.529. The highest BCUT2D eigenvalue weighted by atomic mass is 32.2. The molecule has 3 unspecified atom stereocenters. The first-order valence-corrected chi connectivity index (χ1v) is 9.09. The molecule has 0 amide bonds.